The van der Waals surface area contributed by atoms with Crippen LogP contribution in [0.15, 0.2) is 18.2 Å². The van der Waals surface area contributed by atoms with E-state index in [9.17, 15) is 9.59 Å². The summed E-state index contributed by atoms with van der Waals surface area (Å²) in [5, 5.41) is 3.64. The molecule has 0 unspecified atom stereocenters. The topological polar surface area (TPSA) is 61.9 Å². The summed E-state index contributed by atoms with van der Waals surface area (Å²) in [4.78, 5) is 27.4. The lowest BCUT2D eigenvalue weighted by Crippen LogP contribution is -2.39. The number of hydrogen-bond donors (Lipinski definition) is 1. The van der Waals surface area contributed by atoms with Gasteiger partial charge in [0.15, 0.2) is 0 Å². The highest BCUT2D eigenvalue weighted by Gasteiger charge is 2.20. The maximum absolute atomic E-state index is 12.3. The average molecular weight is 360 g/mol. The molecule has 1 heterocycles. The van der Waals surface area contributed by atoms with Gasteiger partial charge in [-0.15, -0.1) is 0 Å². The van der Waals surface area contributed by atoms with Crippen LogP contribution in [0.25, 0.3) is 0 Å². The van der Waals surface area contributed by atoms with Crippen molar-refractivity contribution < 1.29 is 14.3 Å². The number of nitrogens with zero attached hydrogens (tertiary/aromatic N) is 2. The number of benzene rings is 1. The third-order valence-corrected chi connectivity index (χ3v) is 4.37. The number of rotatable bonds is 3. The zero-order valence-electron chi connectivity index (χ0n) is 12.8. The monoisotopic (exact) mass is 359 g/mol. The molecule has 0 radical (unpaired) electrons. The molecule has 1 fully saturated rings. The number of urea groups is 1. The van der Waals surface area contributed by atoms with Crippen LogP contribution in [0.3, 0.4) is 0 Å². The number of methoxy groups -OCH3 is 1. The van der Waals surface area contributed by atoms with E-state index in [1.807, 2.05) is 4.90 Å². The van der Waals surface area contributed by atoms with Crippen LogP contribution in [0.1, 0.15) is 6.42 Å². The van der Waals surface area contributed by atoms with Gasteiger partial charge in [-0.2, -0.15) is 0 Å². The Kier molecular flexibility index (Phi) is 6.50. The summed E-state index contributed by atoms with van der Waals surface area (Å²) < 4.78 is 4.67. The van der Waals surface area contributed by atoms with Crippen LogP contribution in [0.4, 0.5) is 10.5 Å². The summed E-state index contributed by atoms with van der Waals surface area (Å²) in [5.41, 5.74) is 0.597. The molecule has 6 nitrogen and oxygen atoms in total. The van der Waals surface area contributed by atoms with Crippen molar-refractivity contribution in [2.45, 2.75) is 6.42 Å². The first-order valence-electron chi connectivity index (χ1n) is 7.29. The zero-order valence-corrected chi connectivity index (χ0v) is 14.4. The molecule has 2 amide bonds. The number of ether oxygens (including phenoxy) is 1. The number of esters is 1. The first-order chi connectivity index (χ1) is 11.0. The molecule has 1 aromatic carbocycles. The Morgan fingerprint density at radius 2 is 1.96 bits per heavy atom. The van der Waals surface area contributed by atoms with Crippen LogP contribution in [-0.4, -0.2) is 61.6 Å². The first kappa shape index (κ1) is 17.8. The minimum absolute atomic E-state index is 0.191. The van der Waals surface area contributed by atoms with Crippen molar-refractivity contribution >= 4 is 40.9 Å². The number of carbonyl (C=O) groups excluding carboxylic acids is 2. The summed E-state index contributed by atoms with van der Waals surface area (Å²) in [7, 11) is 1.37. The van der Waals surface area contributed by atoms with E-state index >= 15 is 0 Å². The number of hydrogen-bond acceptors (Lipinski definition) is 4. The van der Waals surface area contributed by atoms with Crippen LogP contribution in [0, 0.1) is 0 Å². The van der Waals surface area contributed by atoms with E-state index in [-0.39, 0.29) is 18.5 Å². The Balaban J connectivity index is 1.90. The van der Waals surface area contributed by atoms with E-state index in [0.717, 1.165) is 13.0 Å². The molecule has 0 spiro atoms. The second kappa shape index (κ2) is 8.38. The highest BCUT2D eigenvalue weighted by atomic mass is 35.5. The summed E-state index contributed by atoms with van der Waals surface area (Å²) in [6.07, 6.45) is 0.797. The van der Waals surface area contributed by atoms with Gasteiger partial charge in [0.1, 0.15) is 0 Å². The quantitative estimate of drug-likeness (QED) is 0.842. The average Bonchev–Trinajstić information content (AvgIpc) is 2.76. The molecule has 0 aromatic heterocycles. The normalized spacial score (nSPS) is 15.9. The van der Waals surface area contributed by atoms with Gasteiger partial charge in [-0.3, -0.25) is 9.69 Å². The lowest BCUT2D eigenvalue weighted by Gasteiger charge is -2.22. The van der Waals surface area contributed by atoms with E-state index in [2.05, 4.69) is 10.1 Å². The van der Waals surface area contributed by atoms with E-state index in [1.54, 1.807) is 23.1 Å². The number of carbonyl (C=O) groups is 2. The lowest BCUT2D eigenvalue weighted by molar-refractivity contribution is -0.141. The standard InChI is InChI=1S/C15H19Cl2N3O3/c1-23-14(21)10-19-5-2-6-20(8-7-19)15(22)18-11-3-4-12(16)13(17)9-11/h3-4,9H,2,5-8,10H2,1H3,(H,18,22). The predicted octanol–water partition coefficient (Wildman–Crippen LogP) is 2.71. The lowest BCUT2D eigenvalue weighted by atomic mass is 10.3. The Morgan fingerprint density at radius 1 is 1.17 bits per heavy atom. The van der Waals surface area contributed by atoms with Crippen molar-refractivity contribution in [3.63, 3.8) is 0 Å². The molecule has 0 bridgehead atoms. The molecule has 1 aliphatic rings. The van der Waals surface area contributed by atoms with Crippen LogP contribution < -0.4 is 5.32 Å². The Labute approximate surface area is 145 Å². The largest absolute Gasteiger partial charge is 0.468 e. The minimum atomic E-state index is -0.265. The highest BCUT2D eigenvalue weighted by Crippen LogP contribution is 2.25. The van der Waals surface area contributed by atoms with E-state index in [0.29, 0.717) is 35.4 Å². The molecule has 126 valence electrons. The fraction of sp³-hybridized carbons (Fsp3) is 0.467. The van der Waals surface area contributed by atoms with Gasteiger partial charge in [0.2, 0.25) is 0 Å². The van der Waals surface area contributed by atoms with Gasteiger partial charge in [0.25, 0.3) is 0 Å². The third kappa shape index (κ3) is 5.27. The molecule has 1 aliphatic heterocycles. The predicted molar refractivity (Wildman–Crippen MR) is 90.1 cm³/mol. The molecule has 0 saturated carbocycles. The van der Waals surface area contributed by atoms with Crippen molar-refractivity contribution in [2.75, 3.05) is 45.2 Å². The molecule has 23 heavy (non-hydrogen) atoms. The van der Waals surface area contributed by atoms with Crippen molar-refractivity contribution in [1.29, 1.82) is 0 Å². The SMILES string of the molecule is COC(=O)CN1CCCN(C(=O)Nc2ccc(Cl)c(Cl)c2)CC1. The van der Waals surface area contributed by atoms with Gasteiger partial charge in [-0.25, -0.2) is 4.79 Å². The molecule has 2 rings (SSSR count). The smallest absolute Gasteiger partial charge is 0.321 e. The van der Waals surface area contributed by atoms with Crippen LogP contribution in [0.2, 0.25) is 10.0 Å². The molecule has 1 aromatic rings. The fourth-order valence-electron chi connectivity index (χ4n) is 2.36. The van der Waals surface area contributed by atoms with Crippen LogP contribution in [-0.2, 0) is 9.53 Å². The van der Waals surface area contributed by atoms with Crippen LogP contribution in [0.5, 0.6) is 0 Å². The van der Waals surface area contributed by atoms with Gasteiger partial charge in [0.05, 0.1) is 23.7 Å². The van der Waals surface area contributed by atoms with Crippen LogP contribution >= 0.6 is 23.2 Å². The molecule has 1 N–H and O–H groups in total. The second-order valence-electron chi connectivity index (χ2n) is 5.25. The number of nitrogens with one attached hydrogen (secondary N) is 1. The number of amides is 2. The van der Waals surface area contributed by atoms with Gasteiger partial charge in [-0.05, 0) is 24.6 Å². The highest BCUT2D eigenvalue weighted by molar-refractivity contribution is 6.42. The van der Waals surface area contributed by atoms with Crippen molar-refractivity contribution in [1.82, 2.24) is 9.80 Å². The Morgan fingerprint density at radius 3 is 2.65 bits per heavy atom. The van der Waals surface area contributed by atoms with Gasteiger partial charge >= 0.3 is 12.0 Å². The molecule has 1 saturated heterocycles. The third-order valence-electron chi connectivity index (χ3n) is 3.63. The summed E-state index contributed by atoms with van der Waals surface area (Å²) in [6.45, 7) is 2.81. The number of halogens is 2. The Bertz CT molecular complexity index is 583. The summed E-state index contributed by atoms with van der Waals surface area (Å²) in [5.74, 6) is -0.265. The molecule has 0 aliphatic carbocycles. The summed E-state index contributed by atoms with van der Waals surface area (Å²) >= 11 is 11.8. The molecular formula is C15H19Cl2N3O3. The van der Waals surface area contributed by atoms with E-state index in [1.165, 1.54) is 7.11 Å². The van der Waals surface area contributed by atoms with Crippen molar-refractivity contribution in [3.05, 3.63) is 28.2 Å². The minimum Gasteiger partial charge on any atom is -0.468 e. The molecule has 0 atom stereocenters. The van der Waals surface area contributed by atoms with E-state index < -0.39 is 0 Å². The van der Waals surface area contributed by atoms with Gasteiger partial charge in [0, 0.05) is 31.9 Å². The second-order valence-corrected chi connectivity index (χ2v) is 6.07. The molecular weight excluding hydrogens is 341 g/mol. The zero-order chi connectivity index (χ0) is 16.8. The Hall–Kier alpha value is -1.50. The molecule has 8 heteroatoms. The van der Waals surface area contributed by atoms with Gasteiger partial charge in [-0.1, -0.05) is 23.2 Å². The maximum atomic E-state index is 12.3. The first-order valence-corrected chi connectivity index (χ1v) is 8.05. The van der Waals surface area contributed by atoms with Crippen molar-refractivity contribution in [2.24, 2.45) is 0 Å². The summed E-state index contributed by atoms with van der Waals surface area (Å²) in [6, 6.07) is 4.76. The van der Waals surface area contributed by atoms with E-state index in [4.69, 9.17) is 23.2 Å². The fourth-order valence-corrected chi connectivity index (χ4v) is 2.65. The number of anilines is 1. The van der Waals surface area contributed by atoms with Gasteiger partial charge < -0.3 is 15.0 Å². The maximum Gasteiger partial charge on any atom is 0.321 e. The van der Waals surface area contributed by atoms with Crippen molar-refractivity contribution in [3.8, 4) is 0 Å².